The SMILES string of the molecule is CCC/C=C\C/C=C\CCCCCCCC(=O)OCC(COC(=O)CCCCCCCCCCCCC/C=C\CCCCCCCCCC)OC(=O)CCCCCCC/C=C\C/C=C\CCCCCC. The summed E-state index contributed by atoms with van der Waals surface area (Å²) < 4.78 is 16.9. The lowest BCUT2D eigenvalue weighted by molar-refractivity contribution is -0.167. The van der Waals surface area contributed by atoms with E-state index in [9.17, 15) is 14.4 Å². The number of rotatable bonds is 55. The van der Waals surface area contributed by atoms with E-state index in [2.05, 4.69) is 81.5 Å². The van der Waals surface area contributed by atoms with E-state index in [1.54, 1.807) is 0 Å². The van der Waals surface area contributed by atoms with Gasteiger partial charge in [-0.05, 0) is 103 Å². The van der Waals surface area contributed by atoms with Crippen LogP contribution >= 0.6 is 0 Å². The molecule has 0 spiro atoms. The van der Waals surface area contributed by atoms with Crippen molar-refractivity contribution in [2.75, 3.05) is 13.2 Å². The molecule has 0 aromatic rings. The molecule has 0 saturated heterocycles. The summed E-state index contributed by atoms with van der Waals surface area (Å²) in [6, 6.07) is 0. The van der Waals surface area contributed by atoms with Crippen LogP contribution in [0.3, 0.4) is 0 Å². The van der Waals surface area contributed by atoms with Gasteiger partial charge in [-0.2, -0.15) is 0 Å². The highest BCUT2D eigenvalue weighted by Gasteiger charge is 2.19. The molecule has 1 atom stereocenters. The zero-order valence-electron chi connectivity index (χ0n) is 46.5. The molecule has 0 amide bonds. The summed E-state index contributed by atoms with van der Waals surface area (Å²) in [7, 11) is 0. The maximum absolute atomic E-state index is 12.9. The van der Waals surface area contributed by atoms with E-state index in [4.69, 9.17) is 14.2 Å². The fourth-order valence-electron chi connectivity index (χ4n) is 8.62. The summed E-state index contributed by atoms with van der Waals surface area (Å²) in [4.78, 5) is 38.2. The number of allylic oxidation sites excluding steroid dienone is 10. The number of unbranched alkanes of at least 4 members (excludes halogenated alkanes) is 34. The molecule has 0 aliphatic carbocycles. The predicted molar refractivity (Wildman–Crippen MR) is 302 cm³/mol. The van der Waals surface area contributed by atoms with Crippen LogP contribution in [0.25, 0.3) is 0 Å². The molecule has 6 nitrogen and oxygen atoms in total. The third kappa shape index (κ3) is 56.0. The molecule has 0 saturated carbocycles. The molecule has 0 fully saturated rings. The van der Waals surface area contributed by atoms with Gasteiger partial charge in [0.05, 0.1) is 0 Å². The van der Waals surface area contributed by atoms with Crippen molar-refractivity contribution in [2.24, 2.45) is 0 Å². The molecule has 0 bridgehead atoms. The second kappa shape index (κ2) is 58.7. The second-order valence-corrected chi connectivity index (χ2v) is 20.2. The Hall–Kier alpha value is -2.89. The van der Waals surface area contributed by atoms with Gasteiger partial charge in [-0.1, -0.05) is 248 Å². The van der Waals surface area contributed by atoms with Crippen molar-refractivity contribution in [2.45, 2.75) is 316 Å². The predicted octanol–water partition coefficient (Wildman–Crippen LogP) is 20.4. The Balaban J connectivity index is 4.32. The molecule has 70 heavy (non-hydrogen) atoms. The van der Waals surface area contributed by atoms with Crippen LogP contribution in [-0.4, -0.2) is 37.2 Å². The fourth-order valence-corrected chi connectivity index (χ4v) is 8.62. The van der Waals surface area contributed by atoms with Crippen molar-refractivity contribution in [3.8, 4) is 0 Å². The third-order valence-electron chi connectivity index (χ3n) is 13.2. The van der Waals surface area contributed by atoms with Gasteiger partial charge in [-0.15, -0.1) is 0 Å². The molecule has 0 rings (SSSR count). The maximum atomic E-state index is 12.9. The lowest BCUT2D eigenvalue weighted by Gasteiger charge is -2.18. The van der Waals surface area contributed by atoms with E-state index in [1.807, 2.05) is 0 Å². The molecule has 0 radical (unpaired) electrons. The molecule has 0 N–H and O–H groups in total. The van der Waals surface area contributed by atoms with Crippen LogP contribution < -0.4 is 0 Å². The molecule has 406 valence electrons. The Morgan fingerprint density at radius 3 is 0.871 bits per heavy atom. The van der Waals surface area contributed by atoms with Crippen molar-refractivity contribution in [3.05, 3.63) is 60.8 Å². The zero-order valence-corrected chi connectivity index (χ0v) is 46.5. The minimum absolute atomic E-state index is 0.0837. The van der Waals surface area contributed by atoms with Gasteiger partial charge in [-0.25, -0.2) is 0 Å². The first-order valence-electron chi connectivity index (χ1n) is 30.3. The first-order chi connectivity index (χ1) is 34.5. The molecule has 0 aliphatic rings. The largest absolute Gasteiger partial charge is 0.462 e. The third-order valence-corrected chi connectivity index (χ3v) is 13.2. The smallest absolute Gasteiger partial charge is 0.306 e. The maximum Gasteiger partial charge on any atom is 0.306 e. The van der Waals surface area contributed by atoms with Crippen LogP contribution in [0.2, 0.25) is 0 Å². The molecule has 6 heteroatoms. The molecule has 0 aromatic heterocycles. The zero-order chi connectivity index (χ0) is 50.7. The van der Waals surface area contributed by atoms with Crippen LogP contribution in [0.4, 0.5) is 0 Å². The van der Waals surface area contributed by atoms with Gasteiger partial charge < -0.3 is 14.2 Å². The summed E-state index contributed by atoms with van der Waals surface area (Å²) >= 11 is 0. The van der Waals surface area contributed by atoms with Crippen LogP contribution in [-0.2, 0) is 28.6 Å². The van der Waals surface area contributed by atoms with Crippen molar-refractivity contribution in [3.63, 3.8) is 0 Å². The highest BCUT2D eigenvalue weighted by molar-refractivity contribution is 5.71. The summed E-state index contributed by atoms with van der Waals surface area (Å²) in [6.07, 6.45) is 73.6. The lowest BCUT2D eigenvalue weighted by Crippen LogP contribution is -2.30. The molecular weight excluding hydrogens is 865 g/mol. The summed E-state index contributed by atoms with van der Waals surface area (Å²) in [5, 5.41) is 0. The molecule has 0 heterocycles. The van der Waals surface area contributed by atoms with E-state index in [0.717, 1.165) is 109 Å². The number of esters is 3. The van der Waals surface area contributed by atoms with E-state index in [1.165, 1.54) is 161 Å². The lowest BCUT2D eigenvalue weighted by atomic mass is 10.0. The standard InChI is InChI=1S/C64H114O6/c1-4-7-10-13-16-19-22-25-27-29-30-31-32-33-34-35-37-39-42-45-48-51-54-57-63(66)69-60-61(59-68-62(65)56-53-50-47-44-41-38-24-21-18-15-12-9-6-3)70-64(67)58-55-52-49-46-43-40-36-28-26-23-20-17-14-11-8-5-2/h12,15,20-21,23-24,28-30,36,61H,4-11,13-14,16-19,22,25-27,31-35,37-60H2,1-3H3/b15-12-,23-20-,24-21-,30-29-,36-28-. The average molecular weight is 980 g/mol. The minimum Gasteiger partial charge on any atom is -0.462 e. The Morgan fingerprint density at radius 2 is 0.543 bits per heavy atom. The highest BCUT2D eigenvalue weighted by Crippen LogP contribution is 2.16. The van der Waals surface area contributed by atoms with Gasteiger partial charge in [0.15, 0.2) is 6.10 Å². The summed E-state index contributed by atoms with van der Waals surface area (Å²) in [6.45, 7) is 6.56. The van der Waals surface area contributed by atoms with Gasteiger partial charge >= 0.3 is 17.9 Å². The molecular formula is C64H114O6. The number of carbonyl (C=O) groups is 3. The first kappa shape index (κ1) is 67.1. The molecule has 1 unspecified atom stereocenters. The fraction of sp³-hybridized carbons (Fsp3) is 0.797. The van der Waals surface area contributed by atoms with Crippen molar-refractivity contribution in [1.82, 2.24) is 0 Å². The van der Waals surface area contributed by atoms with Crippen molar-refractivity contribution >= 4 is 17.9 Å². The monoisotopic (exact) mass is 979 g/mol. The number of hydrogen-bond acceptors (Lipinski definition) is 6. The molecule has 0 aliphatic heterocycles. The summed E-state index contributed by atoms with van der Waals surface area (Å²) in [5.41, 5.74) is 0. The molecule has 0 aromatic carbocycles. The van der Waals surface area contributed by atoms with Crippen molar-refractivity contribution < 1.29 is 28.6 Å². The normalized spacial score (nSPS) is 12.4. The van der Waals surface area contributed by atoms with Gasteiger partial charge in [0.1, 0.15) is 13.2 Å². The Morgan fingerprint density at radius 1 is 0.286 bits per heavy atom. The van der Waals surface area contributed by atoms with Crippen LogP contribution in [0, 0.1) is 0 Å². The van der Waals surface area contributed by atoms with E-state index in [-0.39, 0.29) is 31.1 Å². The number of ether oxygens (including phenoxy) is 3. The second-order valence-electron chi connectivity index (χ2n) is 20.2. The van der Waals surface area contributed by atoms with Crippen LogP contribution in [0.1, 0.15) is 310 Å². The first-order valence-corrected chi connectivity index (χ1v) is 30.3. The topological polar surface area (TPSA) is 78.9 Å². The Labute approximate surface area is 434 Å². The van der Waals surface area contributed by atoms with Gasteiger partial charge in [-0.3, -0.25) is 14.4 Å². The van der Waals surface area contributed by atoms with E-state index < -0.39 is 6.10 Å². The summed E-state index contributed by atoms with van der Waals surface area (Å²) in [5.74, 6) is -0.901. The van der Waals surface area contributed by atoms with Gasteiger partial charge in [0, 0.05) is 19.3 Å². The average Bonchev–Trinajstić information content (AvgIpc) is 3.36. The van der Waals surface area contributed by atoms with E-state index in [0.29, 0.717) is 19.3 Å². The van der Waals surface area contributed by atoms with E-state index >= 15 is 0 Å². The Bertz CT molecular complexity index is 1260. The van der Waals surface area contributed by atoms with Crippen LogP contribution in [0.5, 0.6) is 0 Å². The number of carbonyl (C=O) groups excluding carboxylic acids is 3. The minimum atomic E-state index is -0.788. The van der Waals surface area contributed by atoms with Crippen LogP contribution in [0.15, 0.2) is 60.8 Å². The van der Waals surface area contributed by atoms with Gasteiger partial charge in [0.2, 0.25) is 0 Å². The Kier molecular flexibility index (Phi) is 56.3. The highest BCUT2D eigenvalue weighted by atomic mass is 16.6. The number of hydrogen-bond donors (Lipinski definition) is 0. The van der Waals surface area contributed by atoms with Gasteiger partial charge in [0.25, 0.3) is 0 Å². The quantitative estimate of drug-likeness (QED) is 0.0261. The van der Waals surface area contributed by atoms with Crippen molar-refractivity contribution in [1.29, 1.82) is 0 Å².